The minimum atomic E-state index is -1.05. The third-order valence-corrected chi connectivity index (χ3v) is 7.02. The highest BCUT2D eigenvalue weighted by Crippen LogP contribution is 2.44. The molecule has 2 aromatic carbocycles. The second-order valence-electron chi connectivity index (χ2n) is 9.07. The number of carbonyl (C=O) groups excluding carboxylic acids is 1. The number of carbonyl (C=O) groups is 2. The lowest BCUT2D eigenvalue weighted by atomic mass is 9.66. The monoisotopic (exact) mass is 477 g/mol. The van der Waals surface area contributed by atoms with Crippen LogP contribution in [0.25, 0.3) is 0 Å². The Morgan fingerprint density at radius 2 is 1.88 bits per heavy atom. The molecule has 1 aliphatic rings. The zero-order valence-corrected chi connectivity index (χ0v) is 19.7. The number of aryl methyl sites for hydroxylation is 1. The lowest BCUT2D eigenvalue weighted by Gasteiger charge is -2.46. The van der Waals surface area contributed by atoms with Gasteiger partial charge in [-0.05, 0) is 61.6 Å². The van der Waals surface area contributed by atoms with Gasteiger partial charge in [0, 0.05) is 27.9 Å². The van der Waals surface area contributed by atoms with Gasteiger partial charge in [-0.1, -0.05) is 54.4 Å². The van der Waals surface area contributed by atoms with Gasteiger partial charge in [0.2, 0.25) is 5.91 Å². The number of hydrogen-bond donors (Lipinski definition) is 3. The van der Waals surface area contributed by atoms with Crippen LogP contribution in [-0.4, -0.2) is 34.2 Å². The average Bonchev–Trinajstić information content (AvgIpc) is 2.71. The Hall–Kier alpha value is -2.08. The fourth-order valence-corrected chi connectivity index (χ4v) is 5.12. The topological polar surface area (TPSA) is 86.6 Å². The summed E-state index contributed by atoms with van der Waals surface area (Å²) in [6.45, 7) is 3.42. The molecule has 0 spiro atoms. The van der Waals surface area contributed by atoms with Gasteiger partial charge >= 0.3 is 5.97 Å². The molecule has 1 heterocycles. The summed E-state index contributed by atoms with van der Waals surface area (Å²) in [5, 5.41) is 24.4. The Bertz CT molecular complexity index is 963. The molecule has 32 heavy (non-hydrogen) atoms. The van der Waals surface area contributed by atoms with E-state index in [2.05, 4.69) is 5.32 Å². The molecule has 1 aliphatic heterocycles. The van der Waals surface area contributed by atoms with E-state index in [1.54, 1.807) is 19.9 Å². The number of benzene rings is 2. The highest BCUT2D eigenvalue weighted by Gasteiger charge is 2.48. The maximum atomic E-state index is 13.0. The Morgan fingerprint density at radius 3 is 2.47 bits per heavy atom. The van der Waals surface area contributed by atoms with E-state index in [-0.39, 0.29) is 30.2 Å². The molecule has 5 nitrogen and oxygen atoms in total. The average molecular weight is 478 g/mol. The van der Waals surface area contributed by atoms with Crippen LogP contribution in [0.2, 0.25) is 10.0 Å². The molecule has 0 aromatic heterocycles. The molecule has 7 heteroatoms. The minimum Gasteiger partial charge on any atom is -0.481 e. The SMILES string of the molecule is C[C@H](O)[C@H](CCc1ccc(Cl)cc1)[C@H]1NC(=O)[C@](C)(CC(=O)O)C[C@@H]1c1cccc(Cl)c1. The highest BCUT2D eigenvalue weighted by molar-refractivity contribution is 6.30. The summed E-state index contributed by atoms with van der Waals surface area (Å²) in [4.78, 5) is 24.5. The number of nitrogens with one attached hydrogen (secondary N) is 1. The molecular weight excluding hydrogens is 449 g/mol. The van der Waals surface area contributed by atoms with Crippen LogP contribution in [-0.2, 0) is 16.0 Å². The fourth-order valence-electron chi connectivity index (χ4n) is 4.79. The number of aliphatic hydroxyl groups is 1. The molecule has 0 unspecified atom stereocenters. The second-order valence-corrected chi connectivity index (χ2v) is 9.94. The van der Waals surface area contributed by atoms with Gasteiger partial charge in [-0.25, -0.2) is 0 Å². The Morgan fingerprint density at radius 1 is 1.19 bits per heavy atom. The van der Waals surface area contributed by atoms with Gasteiger partial charge in [-0.15, -0.1) is 0 Å². The number of rotatable bonds is 8. The predicted molar refractivity (Wildman–Crippen MR) is 126 cm³/mol. The zero-order valence-electron chi connectivity index (χ0n) is 18.2. The summed E-state index contributed by atoms with van der Waals surface area (Å²) in [5.41, 5.74) is 0.975. The molecule has 5 atom stereocenters. The zero-order chi connectivity index (χ0) is 23.5. The quantitative estimate of drug-likeness (QED) is 0.494. The van der Waals surface area contributed by atoms with Crippen molar-refractivity contribution in [2.24, 2.45) is 11.3 Å². The largest absolute Gasteiger partial charge is 0.481 e. The van der Waals surface area contributed by atoms with Crippen molar-refractivity contribution in [1.82, 2.24) is 5.32 Å². The summed E-state index contributed by atoms with van der Waals surface area (Å²) in [5.74, 6) is -1.71. The van der Waals surface area contributed by atoms with Crippen LogP contribution in [0.1, 0.15) is 50.2 Å². The first-order chi connectivity index (χ1) is 15.1. The Labute approximate surface area is 198 Å². The number of hydrogen-bond acceptors (Lipinski definition) is 3. The van der Waals surface area contributed by atoms with Gasteiger partial charge in [0.15, 0.2) is 0 Å². The van der Waals surface area contributed by atoms with Crippen molar-refractivity contribution in [2.45, 2.75) is 57.6 Å². The molecular formula is C25H29Cl2NO4. The van der Waals surface area contributed by atoms with Crippen molar-refractivity contribution in [3.63, 3.8) is 0 Å². The van der Waals surface area contributed by atoms with Crippen molar-refractivity contribution in [3.8, 4) is 0 Å². The lowest BCUT2D eigenvalue weighted by Crippen LogP contribution is -2.58. The molecule has 0 aliphatic carbocycles. The third kappa shape index (κ3) is 5.83. The number of carboxylic acid groups (broad SMARTS) is 1. The maximum Gasteiger partial charge on any atom is 0.304 e. The first-order valence-corrected chi connectivity index (χ1v) is 11.6. The van der Waals surface area contributed by atoms with Gasteiger partial charge in [-0.2, -0.15) is 0 Å². The number of piperidine rings is 1. The molecule has 1 fully saturated rings. The molecule has 172 valence electrons. The van der Waals surface area contributed by atoms with Crippen LogP contribution in [0.3, 0.4) is 0 Å². The van der Waals surface area contributed by atoms with Crippen LogP contribution in [0.5, 0.6) is 0 Å². The smallest absolute Gasteiger partial charge is 0.304 e. The number of carboxylic acids is 1. The van der Waals surface area contributed by atoms with E-state index < -0.39 is 17.5 Å². The second kappa shape index (κ2) is 10.2. The van der Waals surface area contributed by atoms with Crippen LogP contribution >= 0.6 is 23.2 Å². The van der Waals surface area contributed by atoms with Gasteiger partial charge in [0.25, 0.3) is 0 Å². The van der Waals surface area contributed by atoms with Crippen LogP contribution in [0.4, 0.5) is 0 Å². The van der Waals surface area contributed by atoms with Crippen molar-refractivity contribution < 1.29 is 19.8 Å². The van der Waals surface area contributed by atoms with Crippen LogP contribution in [0, 0.1) is 11.3 Å². The highest BCUT2D eigenvalue weighted by atomic mass is 35.5. The van der Waals surface area contributed by atoms with E-state index in [9.17, 15) is 19.8 Å². The van der Waals surface area contributed by atoms with E-state index in [4.69, 9.17) is 23.2 Å². The normalized spacial score (nSPS) is 25.1. The van der Waals surface area contributed by atoms with Gasteiger partial charge in [-0.3, -0.25) is 9.59 Å². The summed E-state index contributed by atoms with van der Waals surface area (Å²) < 4.78 is 0. The number of aliphatic carboxylic acids is 1. The first-order valence-electron chi connectivity index (χ1n) is 10.8. The molecule has 3 N–H and O–H groups in total. The van der Waals surface area contributed by atoms with Crippen molar-refractivity contribution >= 4 is 35.1 Å². The number of halogens is 2. The van der Waals surface area contributed by atoms with Gasteiger partial charge in [0.05, 0.1) is 17.9 Å². The molecule has 0 saturated carbocycles. The molecule has 1 amide bonds. The first kappa shape index (κ1) is 24.6. The number of aliphatic hydroxyl groups excluding tert-OH is 1. The molecule has 3 rings (SSSR count). The van der Waals surface area contributed by atoms with E-state index in [0.29, 0.717) is 29.3 Å². The minimum absolute atomic E-state index is 0.180. The number of amides is 1. The Kier molecular flexibility index (Phi) is 7.86. The van der Waals surface area contributed by atoms with Gasteiger partial charge < -0.3 is 15.5 Å². The van der Waals surface area contributed by atoms with Crippen molar-refractivity contribution in [2.75, 3.05) is 0 Å². The summed E-state index contributed by atoms with van der Waals surface area (Å²) >= 11 is 12.2. The summed E-state index contributed by atoms with van der Waals surface area (Å²) in [6, 6.07) is 14.7. The molecule has 0 radical (unpaired) electrons. The predicted octanol–water partition coefficient (Wildman–Crippen LogP) is 5.08. The fraction of sp³-hybridized carbons (Fsp3) is 0.440. The third-order valence-electron chi connectivity index (χ3n) is 6.53. The van der Waals surface area contributed by atoms with Crippen LogP contribution in [0.15, 0.2) is 48.5 Å². The van der Waals surface area contributed by atoms with E-state index in [1.807, 2.05) is 42.5 Å². The summed E-state index contributed by atoms with van der Waals surface area (Å²) in [6.07, 6.45) is 0.802. The molecule has 0 bridgehead atoms. The maximum absolute atomic E-state index is 13.0. The van der Waals surface area contributed by atoms with E-state index in [1.165, 1.54) is 0 Å². The van der Waals surface area contributed by atoms with E-state index >= 15 is 0 Å². The van der Waals surface area contributed by atoms with E-state index in [0.717, 1.165) is 11.1 Å². The summed E-state index contributed by atoms with van der Waals surface area (Å²) in [7, 11) is 0. The van der Waals surface area contributed by atoms with Crippen LogP contribution < -0.4 is 5.32 Å². The molecule has 1 saturated heterocycles. The van der Waals surface area contributed by atoms with Crippen molar-refractivity contribution in [3.05, 3.63) is 69.7 Å². The standard InChI is InChI=1S/C25H29Cl2NO4/c1-15(29)20(11-8-16-6-9-18(26)10-7-16)23-21(17-4-3-5-19(27)12-17)13-25(2,14-22(30)31)24(32)28-23/h3-7,9-10,12,15,20-21,23,29H,8,11,13-14H2,1-2H3,(H,28,32)(H,30,31)/t15-,20-,21+,23+,25-/m0/s1. The molecule has 2 aromatic rings. The van der Waals surface area contributed by atoms with Gasteiger partial charge in [0.1, 0.15) is 0 Å². The Balaban J connectivity index is 1.92. The van der Waals surface area contributed by atoms with Crippen molar-refractivity contribution in [1.29, 1.82) is 0 Å². The lowest BCUT2D eigenvalue weighted by molar-refractivity contribution is -0.148.